The third-order valence-corrected chi connectivity index (χ3v) is 6.12. The number of hydrogen-bond donors (Lipinski definition) is 4. The van der Waals surface area contributed by atoms with Crippen LogP contribution in [0.5, 0.6) is 0 Å². The number of rotatable bonds is 10. The maximum atomic E-state index is 13.4. The van der Waals surface area contributed by atoms with E-state index in [0.717, 1.165) is 33.5 Å². The van der Waals surface area contributed by atoms with Gasteiger partial charge in [0, 0.05) is 35.5 Å². The number of hydrogen-bond acceptors (Lipinski definition) is 4. The summed E-state index contributed by atoms with van der Waals surface area (Å²) >= 11 is 0. The lowest BCUT2D eigenvalue weighted by molar-refractivity contribution is -0.108. The van der Waals surface area contributed by atoms with Crippen LogP contribution in [0.4, 0.5) is 0 Å². The average molecular weight is 456 g/mol. The number of amides is 1. The first-order valence-electron chi connectivity index (χ1n) is 11.3. The Labute approximate surface area is 198 Å². The molecule has 0 bridgehead atoms. The smallest absolute Gasteiger partial charge is 0.268 e. The summed E-state index contributed by atoms with van der Waals surface area (Å²) in [5, 5.41) is 17.1. The Balaban J connectivity index is 1.79. The van der Waals surface area contributed by atoms with Crippen LogP contribution in [0, 0.1) is 5.41 Å². The van der Waals surface area contributed by atoms with Crippen molar-refractivity contribution in [1.29, 1.82) is 5.41 Å². The van der Waals surface area contributed by atoms with Crippen molar-refractivity contribution in [3.63, 3.8) is 0 Å². The molecule has 34 heavy (non-hydrogen) atoms. The molecule has 7 heteroatoms. The van der Waals surface area contributed by atoms with Crippen LogP contribution in [-0.2, 0) is 11.3 Å². The van der Waals surface area contributed by atoms with Gasteiger partial charge in [0.1, 0.15) is 17.8 Å². The quantitative estimate of drug-likeness (QED) is 0.167. The van der Waals surface area contributed by atoms with Crippen molar-refractivity contribution < 1.29 is 9.59 Å². The Hall–Kier alpha value is -3.97. The summed E-state index contributed by atoms with van der Waals surface area (Å²) in [6, 6.07) is 21.4. The largest absolute Gasteiger partial charge is 0.384 e. The van der Waals surface area contributed by atoms with Crippen molar-refractivity contribution >= 4 is 39.7 Å². The van der Waals surface area contributed by atoms with Gasteiger partial charge in [-0.15, -0.1) is 0 Å². The Kier molecular flexibility index (Phi) is 7.04. The molecule has 5 N–H and O–H groups in total. The first-order chi connectivity index (χ1) is 16.5. The van der Waals surface area contributed by atoms with Crippen molar-refractivity contribution in [2.75, 3.05) is 13.6 Å². The van der Waals surface area contributed by atoms with Gasteiger partial charge in [0.05, 0.1) is 0 Å². The van der Waals surface area contributed by atoms with E-state index in [1.54, 1.807) is 6.07 Å². The maximum absolute atomic E-state index is 13.4. The number of amidine groups is 1. The molecule has 1 heterocycles. The molecule has 0 aliphatic heterocycles. The van der Waals surface area contributed by atoms with Gasteiger partial charge in [-0.05, 0) is 48.5 Å². The average Bonchev–Trinajstić information content (AvgIpc) is 3.20. The molecule has 7 nitrogen and oxygen atoms in total. The predicted molar refractivity (Wildman–Crippen MR) is 136 cm³/mol. The van der Waals surface area contributed by atoms with Crippen LogP contribution >= 0.6 is 0 Å². The minimum atomic E-state index is -0.255. The number of nitrogens with one attached hydrogen (secondary N) is 3. The first-order valence-corrected chi connectivity index (χ1v) is 11.3. The Morgan fingerprint density at radius 2 is 1.88 bits per heavy atom. The molecule has 3 aromatic carbocycles. The highest BCUT2D eigenvalue weighted by Gasteiger charge is 2.20. The monoisotopic (exact) mass is 455 g/mol. The second-order valence-corrected chi connectivity index (χ2v) is 8.41. The first kappa shape index (κ1) is 23.2. The third-order valence-electron chi connectivity index (χ3n) is 6.12. The molecule has 0 spiro atoms. The number of carbonyl (C=O) groups excluding carboxylic acids is 2. The van der Waals surface area contributed by atoms with Crippen molar-refractivity contribution in [2.45, 2.75) is 25.4 Å². The molecule has 0 radical (unpaired) electrons. The summed E-state index contributed by atoms with van der Waals surface area (Å²) in [6.45, 7) is 1.17. The molecule has 1 aromatic heterocycles. The Bertz CT molecular complexity index is 1350. The van der Waals surface area contributed by atoms with Gasteiger partial charge in [0.15, 0.2) is 0 Å². The maximum Gasteiger partial charge on any atom is 0.268 e. The Morgan fingerprint density at radius 3 is 2.65 bits per heavy atom. The zero-order valence-electron chi connectivity index (χ0n) is 19.2. The van der Waals surface area contributed by atoms with Crippen molar-refractivity contribution in [1.82, 2.24) is 15.2 Å². The van der Waals surface area contributed by atoms with Gasteiger partial charge < -0.3 is 25.7 Å². The predicted octanol–water partition coefficient (Wildman–Crippen LogP) is 3.42. The fourth-order valence-electron chi connectivity index (χ4n) is 4.32. The summed E-state index contributed by atoms with van der Waals surface area (Å²) in [5.74, 6) is -0.257. The molecule has 0 saturated heterocycles. The minimum absolute atomic E-state index is 0.0241. The molecule has 4 aromatic rings. The second-order valence-electron chi connectivity index (χ2n) is 8.41. The van der Waals surface area contributed by atoms with Gasteiger partial charge in [0.2, 0.25) is 0 Å². The highest BCUT2D eigenvalue weighted by atomic mass is 16.2. The fraction of sp³-hybridized carbons (Fsp3) is 0.222. The van der Waals surface area contributed by atoms with Gasteiger partial charge >= 0.3 is 0 Å². The molecule has 174 valence electrons. The molecular weight excluding hydrogens is 426 g/mol. The van der Waals surface area contributed by atoms with Crippen molar-refractivity contribution in [3.8, 4) is 0 Å². The molecule has 0 aliphatic rings. The van der Waals surface area contributed by atoms with Gasteiger partial charge in [-0.2, -0.15) is 0 Å². The zero-order valence-corrected chi connectivity index (χ0v) is 19.2. The minimum Gasteiger partial charge on any atom is -0.384 e. The number of nitrogens with zero attached hydrogens (tertiary/aromatic N) is 1. The molecule has 4 rings (SSSR count). The van der Waals surface area contributed by atoms with E-state index in [1.807, 2.05) is 48.0 Å². The molecule has 0 saturated carbocycles. The lowest BCUT2D eigenvalue weighted by atomic mass is 10.0. The van der Waals surface area contributed by atoms with Gasteiger partial charge in [-0.25, -0.2) is 0 Å². The summed E-state index contributed by atoms with van der Waals surface area (Å²) < 4.78 is 1.97. The fourth-order valence-corrected chi connectivity index (χ4v) is 4.32. The van der Waals surface area contributed by atoms with E-state index in [0.29, 0.717) is 30.8 Å². The number of aromatic nitrogens is 1. The highest BCUT2D eigenvalue weighted by molar-refractivity contribution is 6.02. The molecular formula is C27H29N5O2. The number of benzene rings is 3. The van der Waals surface area contributed by atoms with Crippen LogP contribution in [0.15, 0.2) is 66.7 Å². The van der Waals surface area contributed by atoms with E-state index in [2.05, 4.69) is 34.9 Å². The molecule has 1 unspecified atom stereocenters. The van der Waals surface area contributed by atoms with Gasteiger partial charge in [-0.1, -0.05) is 54.6 Å². The van der Waals surface area contributed by atoms with Crippen molar-refractivity contribution in [2.24, 2.45) is 5.73 Å². The lowest BCUT2D eigenvalue weighted by Gasteiger charge is -2.18. The topological polar surface area (TPSA) is 113 Å². The summed E-state index contributed by atoms with van der Waals surface area (Å²) in [4.78, 5) is 24.6. The van der Waals surface area contributed by atoms with Crippen LogP contribution in [0.25, 0.3) is 21.7 Å². The lowest BCUT2D eigenvalue weighted by Crippen LogP contribution is -2.38. The van der Waals surface area contributed by atoms with Crippen molar-refractivity contribution in [3.05, 3.63) is 83.6 Å². The van der Waals surface area contributed by atoms with Crippen LogP contribution in [-0.4, -0.2) is 42.2 Å². The third kappa shape index (κ3) is 4.84. The molecule has 0 fully saturated rings. The van der Waals surface area contributed by atoms with Crippen LogP contribution in [0.3, 0.4) is 0 Å². The zero-order chi connectivity index (χ0) is 24.1. The highest BCUT2D eigenvalue weighted by Crippen LogP contribution is 2.26. The SMILES string of the molecule is CNCCC(CC=O)NC(=O)c1cc2ccc(C(=N)N)cc2n1Cc1cccc2ccccc12. The number of fused-ring (bicyclic) bond motifs is 2. The van der Waals surface area contributed by atoms with E-state index >= 15 is 0 Å². The number of carbonyl (C=O) groups is 2. The van der Waals surface area contributed by atoms with E-state index in [9.17, 15) is 9.59 Å². The van der Waals surface area contributed by atoms with Crippen LogP contribution in [0.1, 0.15) is 34.5 Å². The number of aldehydes is 1. The molecule has 1 atom stereocenters. The van der Waals surface area contributed by atoms with E-state index < -0.39 is 0 Å². The van der Waals surface area contributed by atoms with E-state index in [-0.39, 0.29) is 24.2 Å². The normalized spacial score (nSPS) is 12.0. The Morgan fingerprint density at radius 1 is 1.09 bits per heavy atom. The standard InChI is InChI=1S/C27H29N5O2/c1-30-13-11-22(12-14-33)31-27(34)25-15-19-9-10-20(26(28)29)16-24(19)32(25)17-21-7-4-6-18-5-2-3-8-23(18)21/h2-10,14-16,22,30H,11-13,17H2,1H3,(H3,28,29)(H,31,34). The summed E-state index contributed by atoms with van der Waals surface area (Å²) in [7, 11) is 1.84. The van der Waals surface area contributed by atoms with Gasteiger partial charge in [0.25, 0.3) is 5.91 Å². The summed E-state index contributed by atoms with van der Waals surface area (Å²) in [5.41, 5.74) is 8.76. The van der Waals surface area contributed by atoms with Crippen LogP contribution in [0.2, 0.25) is 0 Å². The van der Waals surface area contributed by atoms with Gasteiger partial charge in [-0.3, -0.25) is 10.2 Å². The molecule has 0 aliphatic carbocycles. The molecule has 1 amide bonds. The van der Waals surface area contributed by atoms with E-state index in [4.69, 9.17) is 11.1 Å². The summed E-state index contributed by atoms with van der Waals surface area (Å²) in [6.07, 6.45) is 1.75. The second kappa shape index (κ2) is 10.3. The number of nitrogens with two attached hydrogens (primary N) is 1. The van der Waals surface area contributed by atoms with Crippen LogP contribution < -0.4 is 16.4 Å². The number of nitrogen functional groups attached to an aromatic ring is 1. The van der Waals surface area contributed by atoms with E-state index in [1.165, 1.54) is 0 Å².